The number of benzene rings is 10. The van der Waals surface area contributed by atoms with E-state index < -0.39 is 10.0 Å². The SMILES string of the molecule is C1=Cc2cccc(-c3ccc(N(c4ccc(-c5ccccc5)cc4)c4ccc5c6c(ccc5c4)-c4ccccc4S6(c4ccccc4)c4ccccc4)cc3)c2C(c2ccccc2)C1. The minimum absolute atomic E-state index is 0.313. The Kier molecular flexibility index (Phi) is 9.47. The topological polar surface area (TPSA) is 3.24 Å². The van der Waals surface area contributed by atoms with Gasteiger partial charge in [0.05, 0.1) is 0 Å². The molecule has 0 saturated carbocycles. The average molecular weight is 836 g/mol. The summed E-state index contributed by atoms with van der Waals surface area (Å²) in [7, 11) is -1.81. The van der Waals surface area contributed by atoms with E-state index in [1.165, 1.54) is 80.4 Å². The number of anilines is 3. The van der Waals surface area contributed by atoms with Crippen molar-refractivity contribution in [2.45, 2.75) is 31.9 Å². The number of hydrogen-bond donors (Lipinski definition) is 0. The van der Waals surface area contributed by atoms with Gasteiger partial charge in [-0.25, -0.2) is 0 Å². The summed E-state index contributed by atoms with van der Waals surface area (Å²) in [6.45, 7) is 0. The van der Waals surface area contributed by atoms with E-state index in [-0.39, 0.29) is 0 Å². The fourth-order valence-corrected chi connectivity index (χ4v) is 14.8. The Balaban J connectivity index is 1.02. The number of nitrogens with zero attached hydrogens (tertiary/aromatic N) is 1. The van der Waals surface area contributed by atoms with Crippen molar-refractivity contribution < 1.29 is 0 Å². The summed E-state index contributed by atoms with van der Waals surface area (Å²) in [4.78, 5) is 7.97. The van der Waals surface area contributed by atoms with E-state index in [1.54, 1.807) is 0 Å². The predicted molar refractivity (Wildman–Crippen MR) is 270 cm³/mol. The molecular weight excluding hydrogens is 791 g/mol. The summed E-state index contributed by atoms with van der Waals surface area (Å²) in [5.41, 5.74) is 15.0. The lowest BCUT2D eigenvalue weighted by molar-refractivity contribution is 0.821. The molecule has 12 rings (SSSR count). The van der Waals surface area contributed by atoms with Crippen molar-refractivity contribution in [1.82, 2.24) is 0 Å². The third kappa shape index (κ3) is 6.25. The molecule has 1 nitrogen and oxygen atoms in total. The van der Waals surface area contributed by atoms with Crippen molar-refractivity contribution in [3.63, 3.8) is 0 Å². The van der Waals surface area contributed by atoms with Crippen molar-refractivity contribution in [2.24, 2.45) is 0 Å². The molecule has 2 aliphatic rings. The third-order valence-corrected chi connectivity index (χ3v) is 17.3. The van der Waals surface area contributed by atoms with Crippen molar-refractivity contribution in [3.05, 3.63) is 265 Å². The summed E-state index contributed by atoms with van der Waals surface area (Å²) in [5, 5.41) is 2.52. The molecule has 1 atom stereocenters. The lowest BCUT2D eigenvalue weighted by atomic mass is 9.78. The Hall–Kier alpha value is -7.65. The van der Waals surface area contributed by atoms with Crippen LogP contribution in [0.3, 0.4) is 0 Å². The molecule has 0 radical (unpaired) electrons. The lowest BCUT2D eigenvalue weighted by Crippen LogP contribution is -2.10. The zero-order chi connectivity index (χ0) is 42.5. The molecule has 0 N–H and O–H groups in total. The van der Waals surface area contributed by atoms with Crippen LogP contribution in [0.25, 0.3) is 50.2 Å². The maximum Gasteiger partial charge on any atom is 0.0468 e. The summed E-state index contributed by atoms with van der Waals surface area (Å²) >= 11 is 0. The molecule has 2 heteroatoms. The fourth-order valence-electron chi connectivity index (χ4n) is 10.4. The van der Waals surface area contributed by atoms with E-state index in [0.717, 1.165) is 23.5 Å². The van der Waals surface area contributed by atoms with Gasteiger partial charge in [-0.1, -0.05) is 188 Å². The van der Waals surface area contributed by atoms with Gasteiger partial charge >= 0.3 is 0 Å². The largest absolute Gasteiger partial charge is 0.310 e. The molecule has 1 aliphatic heterocycles. The summed E-state index contributed by atoms with van der Waals surface area (Å²) in [6, 6.07) is 90.1. The Morgan fingerprint density at radius 2 is 0.969 bits per heavy atom. The molecular formula is C62H45NS. The molecule has 304 valence electrons. The van der Waals surface area contributed by atoms with Gasteiger partial charge < -0.3 is 4.90 Å². The van der Waals surface area contributed by atoms with Crippen molar-refractivity contribution in [1.29, 1.82) is 0 Å². The second-order valence-electron chi connectivity index (χ2n) is 16.8. The van der Waals surface area contributed by atoms with Crippen LogP contribution in [0.4, 0.5) is 17.1 Å². The molecule has 0 saturated heterocycles. The van der Waals surface area contributed by atoms with Crippen molar-refractivity contribution in [3.8, 4) is 33.4 Å². The van der Waals surface area contributed by atoms with E-state index in [9.17, 15) is 0 Å². The van der Waals surface area contributed by atoms with E-state index in [2.05, 4.69) is 260 Å². The highest BCUT2D eigenvalue weighted by atomic mass is 32.3. The molecule has 0 bridgehead atoms. The first-order valence-electron chi connectivity index (χ1n) is 22.3. The number of rotatable bonds is 8. The molecule has 64 heavy (non-hydrogen) atoms. The number of hydrogen-bond acceptors (Lipinski definition) is 1. The first-order chi connectivity index (χ1) is 31.8. The van der Waals surface area contributed by atoms with Crippen LogP contribution in [0.5, 0.6) is 0 Å². The summed E-state index contributed by atoms with van der Waals surface area (Å²) in [6.07, 6.45) is 5.62. The molecule has 0 amide bonds. The zero-order valence-corrected chi connectivity index (χ0v) is 36.2. The van der Waals surface area contributed by atoms with Gasteiger partial charge in [0.25, 0.3) is 0 Å². The molecule has 10 aromatic carbocycles. The maximum atomic E-state index is 2.42. The average Bonchev–Trinajstić information content (AvgIpc) is 3.69. The summed E-state index contributed by atoms with van der Waals surface area (Å²) in [5.74, 6) is 0.313. The highest BCUT2D eigenvalue weighted by Crippen LogP contribution is 2.81. The summed E-state index contributed by atoms with van der Waals surface area (Å²) < 4.78 is 0. The molecule has 1 aliphatic carbocycles. The Bertz CT molecular complexity index is 3280. The van der Waals surface area contributed by atoms with E-state index in [0.29, 0.717) is 5.92 Å². The lowest BCUT2D eigenvalue weighted by Gasteiger charge is -2.40. The van der Waals surface area contributed by atoms with E-state index in [1.807, 2.05) is 0 Å². The highest BCUT2D eigenvalue weighted by molar-refractivity contribution is 8.34. The fraction of sp³-hybridized carbons (Fsp3) is 0.0323. The minimum atomic E-state index is -1.81. The Labute approximate surface area is 377 Å². The van der Waals surface area contributed by atoms with E-state index >= 15 is 0 Å². The van der Waals surface area contributed by atoms with E-state index in [4.69, 9.17) is 0 Å². The normalized spacial score (nSPS) is 14.9. The van der Waals surface area contributed by atoms with Crippen LogP contribution in [-0.2, 0) is 0 Å². The first-order valence-corrected chi connectivity index (χ1v) is 23.9. The van der Waals surface area contributed by atoms with Gasteiger partial charge in [0.2, 0.25) is 0 Å². The van der Waals surface area contributed by atoms with Gasteiger partial charge in [0, 0.05) is 42.6 Å². The molecule has 0 spiro atoms. The molecule has 0 fully saturated rings. The van der Waals surface area contributed by atoms with Crippen LogP contribution in [0, 0.1) is 0 Å². The Morgan fingerprint density at radius 1 is 0.406 bits per heavy atom. The second kappa shape index (κ2) is 15.9. The van der Waals surface area contributed by atoms with Gasteiger partial charge in [-0.3, -0.25) is 0 Å². The molecule has 1 unspecified atom stereocenters. The van der Waals surface area contributed by atoms with Gasteiger partial charge in [0.15, 0.2) is 0 Å². The van der Waals surface area contributed by atoms with Gasteiger partial charge in [0.1, 0.15) is 0 Å². The van der Waals surface area contributed by atoms with Crippen LogP contribution in [0.1, 0.15) is 29.0 Å². The standard InChI is InChI=1S/C62H45NS/c1-5-17-44(18-6-1)45-31-36-50(37-32-45)63(51-38-33-47(34-39-51)56-29-16-22-48-21-15-28-55(61(48)56)46-19-7-2-8-20-46)52-40-42-57-49(43-52)35-41-59-58-27-13-14-30-60(58)64(62(57)59,53-23-9-3-10-24-53)54-25-11-4-12-26-54/h1-27,29-43,55H,28H2. The van der Waals surface area contributed by atoms with Crippen molar-refractivity contribution in [2.75, 3.05) is 4.90 Å². The third-order valence-electron chi connectivity index (χ3n) is 13.2. The van der Waals surface area contributed by atoms with Crippen molar-refractivity contribution >= 4 is 43.9 Å². The molecule has 10 aromatic rings. The maximum absolute atomic E-state index is 2.42. The minimum Gasteiger partial charge on any atom is -0.310 e. The van der Waals surface area contributed by atoms with Crippen LogP contribution in [-0.4, -0.2) is 0 Å². The quantitative estimate of drug-likeness (QED) is 0.147. The van der Waals surface area contributed by atoms with Crippen LogP contribution in [0.15, 0.2) is 268 Å². The predicted octanol–water partition coefficient (Wildman–Crippen LogP) is 17.5. The number of fused-ring (bicyclic) bond motifs is 6. The van der Waals surface area contributed by atoms with Gasteiger partial charge in [-0.05, 0) is 134 Å². The van der Waals surface area contributed by atoms with Gasteiger partial charge in [-0.15, -0.1) is 10.0 Å². The monoisotopic (exact) mass is 835 g/mol. The molecule has 1 heterocycles. The van der Waals surface area contributed by atoms with Crippen LogP contribution in [0.2, 0.25) is 0 Å². The van der Waals surface area contributed by atoms with Crippen LogP contribution < -0.4 is 4.90 Å². The Morgan fingerprint density at radius 3 is 1.66 bits per heavy atom. The van der Waals surface area contributed by atoms with Crippen LogP contribution >= 0.6 is 10.0 Å². The molecule has 0 aromatic heterocycles. The zero-order valence-electron chi connectivity index (χ0n) is 35.4. The highest BCUT2D eigenvalue weighted by Gasteiger charge is 2.43. The number of allylic oxidation sites excluding steroid dienone is 1. The second-order valence-corrected chi connectivity index (χ2v) is 19.8. The smallest absolute Gasteiger partial charge is 0.0468 e. The first kappa shape index (κ1) is 38.1. The van der Waals surface area contributed by atoms with Gasteiger partial charge in [-0.2, -0.15) is 0 Å².